The Kier molecular flexibility index (Phi) is 5.92. The molecule has 0 atom stereocenters. The van der Waals surface area contributed by atoms with Gasteiger partial charge in [0.2, 0.25) is 15.9 Å². The Morgan fingerprint density at radius 1 is 1.37 bits per heavy atom. The number of aromatic amines is 1. The van der Waals surface area contributed by atoms with Crippen molar-refractivity contribution < 1.29 is 13.2 Å². The van der Waals surface area contributed by atoms with Crippen LogP contribution in [0.2, 0.25) is 0 Å². The molecule has 2 aliphatic heterocycles. The lowest BCUT2D eigenvalue weighted by Crippen LogP contribution is -2.41. The summed E-state index contributed by atoms with van der Waals surface area (Å²) in [5, 5.41) is 17.2. The molecule has 0 spiro atoms. The summed E-state index contributed by atoms with van der Waals surface area (Å²) in [5.74, 6) is 2.82. The van der Waals surface area contributed by atoms with Crippen molar-refractivity contribution in [2.75, 3.05) is 19.6 Å². The first-order chi connectivity index (χ1) is 13.0. The van der Waals surface area contributed by atoms with Crippen LogP contribution in [0.25, 0.3) is 0 Å². The molecule has 0 unspecified atom stereocenters. The zero-order valence-corrected chi connectivity index (χ0v) is 15.9. The van der Waals surface area contributed by atoms with Crippen molar-refractivity contribution in [2.45, 2.75) is 49.1 Å². The van der Waals surface area contributed by atoms with E-state index in [1.165, 1.54) is 16.7 Å². The molecule has 2 N–H and O–H groups in total. The Morgan fingerprint density at radius 2 is 2.11 bits per heavy atom. The number of terminal acetylenes is 1. The third-order valence-corrected chi connectivity index (χ3v) is 6.94. The van der Waals surface area contributed by atoms with E-state index in [1.807, 2.05) is 0 Å². The lowest BCUT2D eigenvalue weighted by atomic mass is 9.98. The lowest BCUT2D eigenvalue weighted by molar-refractivity contribution is -0.121. The minimum Gasteiger partial charge on any atom is -0.356 e. The maximum atomic E-state index is 12.4. The number of carbonyl (C=O) groups excluding carboxylic acids is 1. The van der Waals surface area contributed by atoms with Crippen molar-refractivity contribution in [3.8, 4) is 12.3 Å². The van der Waals surface area contributed by atoms with Crippen molar-refractivity contribution in [1.29, 1.82) is 0 Å². The highest BCUT2D eigenvalue weighted by Crippen LogP contribution is 2.37. The molecule has 1 aromatic heterocycles. The first-order valence-electron chi connectivity index (χ1n) is 9.08. The molecular weight excluding hydrogens is 368 g/mol. The number of hydrogen-bond donors (Lipinski definition) is 2. The Bertz CT molecular complexity index is 813. The van der Waals surface area contributed by atoms with Gasteiger partial charge in [-0.3, -0.25) is 9.89 Å². The van der Waals surface area contributed by atoms with E-state index in [1.54, 1.807) is 0 Å². The number of carbonyl (C=O) groups is 1. The first kappa shape index (κ1) is 19.5. The molecule has 0 radical (unpaired) electrons. The summed E-state index contributed by atoms with van der Waals surface area (Å²) in [7, 11) is -3.48. The molecule has 146 valence electrons. The Labute approximate surface area is 159 Å². The summed E-state index contributed by atoms with van der Waals surface area (Å²) < 4.78 is 26.4. The summed E-state index contributed by atoms with van der Waals surface area (Å²) in [6.45, 7) is 1.45. The van der Waals surface area contributed by atoms with Crippen molar-refractivity contribution in [3.63, 3.8) is 0 Å². The number of nitrogens with zero attached hydrogens (tertiary/aromatic N) is 4. The van der Waals surface area contributed by atoms with E-state index in [-0.39, 0.29) is 16.7 Å². The average molecular weight is 392 g/mol. The van der Waals surface area contributed by atoms with E-state index >= 15 is 0 Å². The van der Waals surface area contributed by atoms with Gasteiger partial charge in [-0.15, -0.1) is 12.3 Å². The number of H-pyrrole nitrogens is 1. The minimum absolute atomic E-state index is 0.0270. The SMILES string of the molecule is C#CCCC1(CCC(=O)NCC2CCN(S(=O)(=O)c3cn[nH]c3)CC2)N=N1. The van der Waals surface area contributed by atoms with Crippen LogP contribution in [0.3, 0.4) is 0 Å². The Hall–Kier alpha value is -2.25. The number of amides is 1. The topological polar surface area (TPSA) is 120 Å². The summed E-state index contributed by atoms with van der Waals surface area (Å²) in [4.78, 5) is 12.2. The van der Waals surface area contributed by atoms with E-state index in [0.29, 0.717) is 58.2 Å². The molecule has 3 heterocycles. The predicted octanol–water partition coefficient (Wildman–Crippen LogP) is 1.28. The normalized spacial score (nSPS) is 19.5. The highest BCUT2D eigenvalue weighted by atomic mass is 32.2. The number of aromatic nitrogens is 2. The van der Waals surface area contributed by atoms with Crippen molar-refractivity contribution in [3.05, 3.63) is 12.4 Å². The summed E-state index contributed by atoms with van der Waals surface area (Å²) >= 11 is 0. The van der Waals surface area contributed by atoms with Gasteiger partial charge in [-0.2, -0.15) is 19.6 Å². The zero-order chi connectivity index (χ0) is 19.3. The van der Waals surface area contributed by atoms with Gasteiger partial charge in [0.25, 0.3) is 0 Å². The van der Waals surface area contributed by atoms with Gasteiger partial charge in [-0.25, -0.2) is 8.42 Å². The van der Waals surface area contributed by atoms with Gasteiger partial charge in [0.05, 0.1) is 6.20 Å². The molecule has 1 aromatic rings. The number of sulfonamides is 1. The molecule has 2 aliphatic rings. The fourth-order valence-corrected chi connectivity index (χ4v) is 4.59. The number of rotatable bonds is 9. The molecule has 0 saturated carbocycles. The molecule has 27 heavy (non-hydrogen) atoms. The fourth-order valence-electron chi connectivity index (χ4n) is 3.21. The van der Waals surface area contributed by atoms with Gasteiger partial charge >= 0.3 is 0 Å². The third kappa shape index (κ3) is 4.93. The molecular formula is C17H24N6O3S. The smallest absolute Gasteiger partial charge is 0.246 e. The van der Waals surface area contributed by atoms with Crippen LogP contribution in [0.5, 0.6) is 0 Å². The second kappa shape index (κ2) is 8.19. The molecule has 10 heteroatoms. The Morgan fingerprint density at radius 3 is 2.70 bits per heavy atom. The van der Waals surface area contributed by atoms with Gasteiger partial charge < -0.3 is 5.32 Å². The zero-order valence-electron chi connectivity index (χ0n) is 15.1. The van der Waals surface area contributed by atoms with Crippen molar-refractivity contribution in [1.82, 2.24) is 19.8 Å². The summed E-state index contributed by atoms with van der Waals surface area (Å²) in [6, 6.07) is 0. The van der Waals surface area contributed by atoms with Crippen LogP contribution < -0.4 is 5.32 Å². The molecule has 9 nitrogen and oxygen atoms in total. The molecule has 1 saturated heterocycles. The van der Waals surface area contributed by atoms with E-state index in [4.69, 9.17) is 6.42 Å². The molecule has 0 aliphatic carbocycles. The minimum atomic E-state index is -3.48. The second-order valence-electron chi connectivity index (χ2n) is 6.97. The second-order valence-corrected chi connectivity index (χ2v) is 8.91. The number of nitrogens with one attached hydrogen (secondary N) is 2. The molecule has 3 rings (SSSR count). The van der Waals surface area contributed by atoms with Gasteiger partial charge in [-0.1, -0.05) is 0 Å². The molecule has 1 amide bonds. The molecule has 1 fully saturated rings. The third-order valence-electron chi connectivity index (χ3n) is 5.08. The van der Waals surface area contributed by atoms with E-state index < -0.39 is 15.7 Å². The van der Waals surface area contributed by atoms with E-state index in [0.717, 1.165) is 0 Å². The lowest BCUT2D eigenvalue weighted by Gasteiger charge is -2.30. The summed E-state index contributed by atoms with van der Waals surface area (Å²) in [5.41, 5.74) is -0.434. The standard InChI is InChI=1S/C17H24N6O3S/c1-2-3-7-17(21-22-17)8-4-16(24)18-11-14-5-9-23(10-6-14)27(25,26)15-12-19-20-13-15/h1,12-14H,3-11H2,(H,18,24)(H,19,20). The maximum absolute atomic E-state index is 12.4. The van der Waals surface area contributed by atoms with E-state index in [2.05, 4.69) is 31.7 Å². The van der Waals surface area contributed by atoms with Gasteiger partial charge in [-0.05, 0) is 18.8 Å². The van der Waals surface area contributed by atoms with Crippen LogP contribution in [0.15, 0.2) is 27.5 Å². The van der Waals surface area contributed by atoms with Crippen LogP contribution in [0.1, 0.15) is 38.5 Å². The fraction of sp³-hybridized carbons (Fsp3) is 0.647. The van der Waals surface area contributed by atoms with Crippen LogP contribution in [-0.4, -0.2) is 54.1 Å². The highest BCUT2D eigenvalue weighted by Gasteiger charge is 2.39. The van der Waals surface area contributed by atoms with E-state index in [9.17, 15) is 13.2 Å². The quantitative estimate of drug-likeness (QED) is 0.615. The van der Waals surface area contributed by atoms with Crippen molar-refractivity contribution in [2.24, 2.45) is 16.1 Å². The Balaban J connectivity index is 1.36. The van der Waals surface area contributed by atoms with Gasteiger partial charge in [0, 0.05) is 51.5 Å². The highest BCUT2D eigenvalue weighted by molar-refractivity contribution is 7.89. The number of piperidine rings is 1. The van der Waals surface area contributed by atoms with Crippen LogP contribution >= 0.6 is 0 Å². The number of hydrogen-bond acceptors (Lipinski definition) is 6. The predicted molar refractivity (Wildman–Crippen MR) is 98.0 cm³/mol. The average Bonchev–Trinajstić information content (AvgIpc) is 3.21. The monoisotopic (exact) mass is 392 g/mol. The molecule has 0 bridgehead atoms. The van der Waals surface area contributed by atoms with Crippen LogP contribution in [-0.2, 0) is 14.8 Å². The van der Waals surface area contributed by atoms with Crippen molar-refractivity contribution >= 4 is 15.9 Å². The van der Waals surface area contributed by atoms with Crippen LogP contribution in [0.4, 0.5) is 0 Å². The maximum Gasteiger partial charge on any atom is 0.246 e. The van der Waals surface area contributed by atoms with Crippen LogP contribution in [0, 0.1) is 18.3 Å². The van der Waals surface area contributed by atoms with Gasteiger partial charge in [0.15, 0.2) is 5.66 Å². The summed E-state index contributed by atoms with van der Waals surface area (Å²) in [6.07, 6.45) is 11.6. The van der Waals surface area contributed by atoms with Gasteiger partial charge in [0.1, 0.15) is 4.90 Å². The largest absolute Gasteiger partial charge is 0.356 e. The first-order valence-corrected chi connectivity index (χ1v) is 10.5. The molecule has 0 aromatic carbocycles.